The normalized spacial score (nSPS) is 23.8. The number of hydrogen-bond acceptors (Lipinski definition) is 3. The van der Waals surface area contributed by atoms with Crippen LogP contribution in [0, 0.1) is 0 Å². The first-order chi connectivity index (χ1) is 6.52. The molecule has 1 aliphatic rings. The van der Waals surface area contributed by atoms with Gasteiger partial charge in [0, 0.05) is 31.7 Å². The second kappa shape index (κ2) is 5.10. The number of hydrogen-bond donors (Lipinski definition) is 1. The predicted octanol–water partition coefficient (Wildman–Crippen LogP) is 0.622. The average molecular weight is 199 g/mol. The quantitative estimate of drug-likeness (QED) is 0.719. The van der Waals surface area contributed by atoms with Gasteiger partial charge >= 0.3 is 0 Å². The van der Waals surface area contributed by atoms with Crippen LogP contribution in [0.4, 0.5) is 0 Å². The van der Waals surface area contributed by atoms with E-state index >= 15 is 0 Å². The number of nitrogens with zero attached hydrogens (tertiary/aromatic N) is 2. The van der Waals surface area contributed by atoms with E-state index in [2.05, 4.69) is 43.1 Å². The molecule has 0 unspecified atom stereocenters. The number of rotatable bonds is 3. The van der Waals surface area contributed by atoms with E-state index in [-0.39, 0.29) is 0 Å². The molecule has 3 heteroatoms. The van der Waals surface area contributed by atoms with Crippen LogP contribution in [0.3, 0.4) is 0 Å². The third-order valence-electron chi connectivity index (χ3n) is 3.15. The Labute approximate surface area is 88.5 Å². The van der Waals surface area contributed by atoms with Crippen molar-refractivity contribution >= 4 is 0 Å². The Morgan fingerprint density at radius 3 is 2.64 bits per heavy atom. The Balaban J connectivity index is 2.45. The van der Waals surface area contributed by atoms with E-state index in [0.717, 1.165) is 19.6 Å². The van der Waals surface area contributed by atoms with Crippen molar-refractivity contribution in [1.29, 1.82) is 0 Å². The van der Waals surface area contributed by atoms with E-state index in [0.29, 0.717) is 5.54 Å². The fraction of sp³-hybridized carbons (Fsp3) is 1.00. The molecule has 0 amide bonds. The Bertz CT molecular complexity index is 166. The lowest BCUT2D eigenvalue weighted by Crippen LogP contribution is -2.47. The summed E-state index contributed by atoms with van der Waals surface area (Å²) in [6, 6.07) is 0. The second-order valence-electron chi connectivity index (χ2n) is 5.10. The smallest absolute Gasteiger partial charge is 0.0166 e. The summed E-state index contributed by atoms with van der Waals surface area (Å²) in [5.41, 5.74) is 0.361. The maximum Gasteiger partial charge on any atom is 0.0166 e. The Kier molecular flexibility index (Phi) is 4.35. The zero-order valence-electron chi connectivity index (χ0n) is 10.1. The van der Waals surface area contributed by atoms with Gasteiger partial charge in [-0.15, -0.1) is 0 Å². The average Bonchev–Trinajstić information content (AvgIpc) is 2.23. The molecular weight excluding hydrogens is 174 g/mol. The van der Waals surface area contributed by atoms with Crippen LogP contribution in [0.5, 0.6) is 0 Å². The molecule has 1 rings (SSSR count). The van der Waals surface area contributed by atoms with E-state index in [1.54, 1.807) is 0 Å². The van der Waals surface area contributed by atoms with Gasteiger partial charge < -0.3 is 10.2 Å². The molecule has 14 heavy (non-hydrogen) atoms. The van der Waals surface area contributed by atoms with Gasteiger partial charge in [-0.1, -0.05) is 0 Å². The largest absolute Gasteiger partial charge is 0.315 e. The highest BCUT2D eigenvalue weighted by Crippen LogP contribution is 2.19. The van der Waals surface area contributed by atoms with Crippen molar-refractivity contribution in [2.24, 2.45) is 0 Å². The molecule has 0 aromatic carbocycles. The van der Waals surface area contributed by atoms with Crippen LogP contribution in [0.2, 0.25) is 0 Å². The Morgan fingerprint density at radius 2 is 2.00 bits per heavy atom. The molecule has 0 saturated carbocycles. The molecule has 0 aromatic rings. The lowest BCUT2D eigenvalue weighted by molar-refractivity contribution is 0.118. The molecule has 0 bridgehead atoms. The molecule has 1 fully saturated rings. The van der Waals surface area contributed by atoms with Crippen molar-refractivity contribution in [2.75, 3.05) is 46.8 Å². The van der Waals surface area contributed by atoms with Crippen molar-refractivity contribution in [3.8, 4) is 0 Å². The molecule has 0 atom stereocenters. The van der Waals surface area contributed by atoms with Gasteiger partial charge in [0.05, 0.1) is 0 Å². The molecule has 3 nitrogen and oxygen atoms in total. The van der Waals surface area contributed by atoms with E-state index < -0.39 is 0 Å². The highest BCUT2D eigenvalue weighted by Gasteiger charge is 2.27. The second-order valence-corrected chi connectivity index (χ2v) is 5.10. The lowest BCUT2D eigenvalue weighted by Gasteiger charge is -2.37. The van der Waals surface area contributed by atoms with E-state index in [1.165, 1.54) is 19.5 Å². The van der Waals surface area contributed by atoms with Gasteiger partial charge in [0.15, 0.2) is 0 Å². The summed E-state index contributed by atoms with van der Waals surface area (Å²) in [5, 5.41) is 3.47. The summed E-state index contributed by atoms with van der Waals surface area (Å²) in [5.74, 6) is 0. The lowest BCUT2D eigenvalue weighted by atomic mass is 9.98. The van der Waals surface area contributed by atoms with Gasteiger partial charge in [-0.25, -0.2) is 0 Å². The van der Waals surface area contributed by atoms with Crippen molar-refractivity contribution in [1.82, 2.24) is 15.1 Å². The SMILES string of the molecule is CN(C)CCN1CCNCCC1(C)C. The molecule has 0 aliphatic carbocycles. The molecule has 0 spiro atoms. The maximum absolute atomic E-state index is 3.47. The molecule has 84 valence electrons. The van der Waals surface area contributed by atoms with Gasteiger partial charge in [0.2, 0.25) is 0 Å². The van der Waals surface area contributed by atoms with Crippen LogP contribution in [0.25, 0.3) is 0 Å². The van der Waals surface area contributed by atoms with Crippen LogP contribution in [-0.4, -0.2) is 62.2 Å². The monoisotopic (exact) mass is 199 g/mol. The summed E-state index contributed by atoms with van der Waals surface area (Å²) in [4.78, 5) is 4.86. The summed E-state index contributed by atoms with van der Waals surface area (Å²) in [6.45, 7) is 10.5. The van der Waals surface area contributed by atoms with Crippen molar-refractivity contribution < 1.29 is 0 Å². The van der Waals surface area contributed by atoms with Crippen LogP contribution >= 0.6 is 0 Å². The van der Waals surface area contributed by atoms with Gasteiger partial charge in [0.25, 0.3) is 0 Å². The van der Waals surface area contributed by atoms with Crippen LogP contribution in [-0.2, 0) is 0 Å². The van der Waals surface area contributed by atoms with Crippen LogP contribution in [0.15, 0.2) is 0 Å². The molecule has 1 saturated heterocycles. The minimum absolute atomic E-state index is 0.361. The van der Waals surface area contributed by atoms with Gasteiger partial charge in [-0.05, 0) is 40.9 Å². The fourth-order valence-corrected chi connectivity index (χ4v) is 1.93. The Morgan fingerprint density at radius 1 is 1.29 bits per heavy atom. The number of likely N-dealkylation sites (N-methyl/N-ethyl adjacent to an activating group) is 1. The summed E-state index contributed by atoms with van der Waals surface area (Å²) < 4.78 is 0. The summed E-state index contributed by atoms with van der Waals surface area (Å²) >= 11 is 0. The summed E-state index contributed by atoms with van der Waals surface area (Å²) in [6.07, 6.45) is 1.25. The van der Waals surface area contributed by atoms with E-state index in [9.17, 15) is 0 Å². The van der Waals surface area contributed by atoms with Gasteiger partial charge in [-0.2, -0.15) is 0 Å². The van der Waals surface area contributed by atoms with E-state index in [1.807, 2.05) is 0 Å². The fourth-order valence-electron chi connectivity index (χ4n) is 1.93. The zero-order chi connectivity index (χ0) is 10.6. The summed E-state index contributed by atoms with van der Waals surface area (Å²) in [7, 11) is 4.28. The van der Waals surface area contributed by atoms with Crippen molar-refractivity contribution in [3.05, 3.63) is 0 Å². The maximum atomic E-state index is 3.47. The van der Waals surface area contributed by atoms with Crippen molar-refractivity contribution in [3.63, 3.8) is 0 Å². The molecule has 1 aliphatic heterocycles. The van der Waals surface area contributed by atoms with Gasteiger partial charge in [0.1, 0.15) is 0 Å². The number of nitrogens with one attached hydrogen (secondary N) is 1. The first kappa shape index (κ1) is 12.0. The highest BCUT2D eigenvalue weighted by molar-refractivity contribution is 4.85. The van der Waals surface area contributed by atoms with E-state index in [4.69, 9.17) is 0 Å². The molecular formula is C11H25N3. The first-order valence-electron chi connectivity index (χ1n) is 5.63. The third kappa shape index (κ3) is 3.56. The van der Waals surface area contributed by atoms with Crippen molar-refractivity contribution in [2.45, 2.75) is 25.8 Å². The topological polar surface area (TPSA) is 18.5 Å². The molecule has 1 heterocycles. The zero-order valence-corrected chi connectivity index (χ0v) is 10.1. The Hall–Kier alpha value is -0.120. The molecule has 0 radical (unpaired) electrons. The minimum atomic E-state index is 0.361. The van der Waals surface area contributed by atoms with Gasteiger partial charge in [-0.3, -0.25) is 4.90 Å². The standard InChI is InChI=1S/C11H25N3/c1-11(2)5-6-12-7-8-14(11)10-9-13(3)4/h12H,5-10H2,1-4H3. The van der Waals surface area contributed by atoms with Crippen LogP contribution in [0.1, 0.15) is 20.3 Å². The molecule has 0 aromatic heterocycles. The highest BCUT2D eigenvalue weighted by atomic mass is 15.2. The molecule has 1 N–H and O–H groups in total. The predicted molar refractivity (Wildman–Crippen MR) is 61.7 cm³/mol. The first-order valence-corrected chi connectivity index (χ1v) is 5.63. The third-order valence-corrected chi connectivity index (χ3v) is 3.15. The van der Waals surface area contributed by atoms with Crippen LogP contribution < -0.4 is 5.32 Å². The minimum Gasteiger partial charge on any atom is -0.315 e.